The Morgan fingerprint density at radius 3 is 0.625 bits per heavy atom. The Balaban J connectivity index is 3.40. The van der Waals surface area contributed by atoms with Crippen LogP contribution in [0.4, 0.5) is 0 Å². The van der Waals surface area contributed by atoms with E-state index >= 15 is 0 Å². The van der Waals surface area contributed by atoms with Gasteiger partial charge in [-0.15, -0.1) is 0 Å². The molecule has 0 spiro atoms. The van der Waals surface area contributed by atoms with Gasteiger partial charge in [0.2, 0.25) is 5.91 Å². The first-order valence-corrected chi connectivity index (χ1v) is 33.8. The fourth-order valence-electron chi connectivity index (χ4n) is 11.3. The Kier molecular flexibility index (Phi) is 62.3. The molecule has 0 aromatic rings. The van der Waals surface area contributed by atoms with Crippen LogP contribution in [0.25, 0.3) is 0 Å². The van der Waals surface area contributed by atoms with Crippen LogP contribution in [-0.2, 0) is 4.79 Å². The van der Waals surface area contributed by atoms with Crippen LogP contribution in [-0.4, -0.2) is 46.1 Å². The predicted molar refractivity (Wildman–Crippen MR) is 319 cm³/mol. The van der Waals surface area contributed by atoms with Crippen molar-refractivity contribution < 1.29 is 20.1 Å². The van der Waals surface area contributed by atoms with Crippen molar-refractivity contribution in [1.82, 2.24) is 5.32 Å². The number of hydrogen-bond donors (Lipinski definition) is 4. The molecule has 5 nitrogen and oxygen atoms in total. The second kappa shape index (κ2) is 62.9. The van der Waals surface area contributed by atoms with E-state index in [1.54, 1.807) is 0 Å². The highest BCUT2D eigenvalue weighted by molar-refractivity contribution is 5.80. The molecule has 3 atom stereocenters. The highest BCUT2D eigenvalue weighted by atomic mass is 16.3. The van der Waals surface area contributed by atoms with Crippen LogP contribution >= 0.6 is 0 Å². The largest absolute Gasteiger partial charge is 0.394 e. The molecule has 0 rings (SSSR count). The van der Waals surface area contributed by atoms with E-state index in [0.29, 0.717) is 12.8 Å². The predicted octanol–water partition coefficient (Wildman–Crippen LogP) is 21.6. The van der Waals surface area contributed by atoms with Crippen molar-refractivity contribution in [2.24, 2.45) is 0 Å². The average molecular weight is 1020 g/mol. The molecule has 4 N–H and O–H groups in total. The number of nitrogens with one attached hydrogen (secondary N) is 1. The third-order valence-corrected chi connectivity index (χ3v) is 16.5. The monoisotopic (exact) mass is 1020 g/mol. The summed E-state index contributed by atoms with van der Waals surface area (Å²) < 4.78 is 0. The van der Waals surface area contributed by atoms with Crippen LogP contribution in [0.3, 0.4) is 0 Å². The second-order valence-electron chi connectivity index (χ2n) is 23.8. The molecule has 0 saturated heterocycles. The van der Waals surface area contributed by atoms with E-state index in [1.165, 1.54) is 340 Å². The van der Waals surface area contributed by atoms with Crippen molar-refractivity contribution in [2.75, 3.05) is 6.61 Å². The smallest absolute Gasteiger partial charge is 0.249 e. The van der Waals surface area contributed by atoms with Gasteiger partial charge in [0, 0.05) is 0 Å². The first kappa shape index (κ1) is 71.3. The normalized spacial score (nSPS) is 13.0. The standard InChI is InChI=1S/C67H135NO4/c1-3-5-7-9-11-13-15-17-19-21-23-25-26-27-28-29-30-31-32-33-34-35-36-37-38-39-40-41-42-44-46-48-50-52-54-56-58-60-62-66(71)67(72)68-64(63-69)65(70)61-59-57-55-53-51-49-47-45-43-24-22-20-18-16-14-12-10-8-6-4-2/h64-66,69-71H,3-63H2,1-2H3,(H,68,72). The molecule has 0 bridgehead atoms. The molecule has 0 aromatic heterocycles. The summed E-state index contributed by atoms with van der Waals surface area (Å²) in [4.78, 5) is 12.6. The van der Waals surface area contributed by atoms with Gasteiger partial charge in [0.1, 0.15) is 6.10 Å². The van der Waals surface area contributed by atoms with Crippen molar-refractivity contribution in [3.8, 4) is 0 Å². The van der Waals surface area contributed by atoms with Crippen molar-refractivity contribution in [2.45, 2.75) is 417 Å². The Morgan fingerprint density at radius 2 is 0.444 bits per heavy atom. The van der Waals surface area contributed by atoms with Crippen LogP contribution < -0.4 is 5.32 Å². The van der Waals surface area contributed by atoms with E-state index in [9.17, 15) is 20.1 Å². The summed E-state index contributed by atoms with van der Waals surface area (Å²) in [7, 11) is 0. The van der Waals surface area contributed by atoms with Gasteiger partial charge in [-0.25, -0.2) is 0 Å². The van der Waals surface area contributed by atoms with E-state index in [0.717, 1.165) is 32.1 Å². The van der Waals surface area contributed by atoms with Gasteiger partial charge in [-0.2, -0.15) is 0 Å². The van der Waals surface area contributed by atoms with Crippen molar-refractivity contribution in [1.29, 1.82) is 0 Å². The molecule has 0 aliphatic heterocycles. The lowest BCUT2D eigenvalue weighted by atomic mass is 10.0. The highest BCUT2D eigenvalue weighted by Crippen LogP contribution is 2.20. The summed E-state index contributed by atoms with van der Waals surface area (Å²) in [5, 5.41) is 33.7. The number of carbonyl (C=O) groups excluding carboxylic acids is 1. The van der Waals surface area contributed by atoms with Gasteiger partial charge in [-0.3, -0.25) is 4.79 Å². The number of hydrogen-bond acceptors (Lipinski definition) is 4. The maximum Gasteiger partial charge on any atom is 0.249 e. The number of aliphatic hydroxyl groups excluding tert-OH is 3. The van der Waals surface area contributed by atoms with E-state index in [2.05, 4.69) is 19.2 Å². The molecule has 3 unspecified atom stereocenters. The maximum absolute atomic E-state index is 12.6. The number of aliphatic hydroxyl groups is 3. The molecule has 72 heavy (non-hydrogen) atoms. The average Bonchev–Trinajstić information content (AvgIpc) is 3.39. The topological polar surface area (TPSA) is 89.8 Å². The molecule has 0 aliphatic carbocycles. The molecule has 0 saturated carbocycles. The van der Waals surface area contributed by atoms with Gasteiger partial charge >= 0.3 is 0 Å². The van der Waals surface area contributed by atoms with Gasteiger partial charge in [0.25, 0.3) is 0 Å². The molecule has 432 valence electrons. The number of amides is 1. The minimum Gasteiger partial charge on any atom is -0.394 e. The Hall–Kier alpha value is -0.650. The maximum atomic E-state index is 12.6. The summed E-state index contributed by atoms with van der Waals surface area (Å²) >= 11 is 0. The van der Waals surface area contributed by atoms with E-state index in [1.807, 2.05) is 0 Å². The van der Waals surface area contributed by atoms with Crippen molar-refractivity contribution in [3.05, 3.63) is 0 Å². The lowest BCUT2D eigenvalue weighted by molar-refractivity contribution is -0.131. The molecule has 0 fully saturated rings. The fraction of sp³-hybridized carbons (Fsp3) is 0.985. The summed E-state index contributed by atoms with van der Waals surface area (Å²) in [5.41, 5.74) is 0. The first-order valence-electron chi connectivity index (χ1n) is 33.8. The summed E-state index contributed by atoms with van der Waals surface area (Å²) in [6.45, 7) is 4.29. The van der Waals surface area contributed by atoms with Crippen LogP contribution in [0, 0.1) is 0 Å². The molecule has 1 amide bonds. The molecular formula is C67H135NO4. The van der Waals surface area contributed by atoms with E-state index < -0.39 is 24.2 Å². The molecule has 0 aliphatic rings. The van der Waals surface area contributed by atoms with Gasteiger partial charge in [0.05, 0.1) is 18.8 Å². The first-order chi connectivity index (χ1) is 35.6. The molecule has 0 aromatic carbocycles. The fourth-order valence-corrected chi connectivity index (χ4v) is 11.3. The number of rotatable bonds is 64. The third-order valence-electron chi connectivity index (χ3n) is 16.5. The van der Waals surface area contributed by atoms with Gasteiger partial charge < -0.3 is 20.6 Å². The van der Waals surface area contributed by atoms with Crippen LogP contribution in [0.5, 0.6) is 0 Å². The SMILES string of the molecule is CCCCCCCCCCCCCCCCCCCCCCCCCCCCCCCCCCCCCCCCC(O)C(=O)NC(CO)C(O)CCCCCCCCCCCCCCCCCCCCCC. The van der Waals surface area contributed by atoms with Crippen LogP contribution in [0.1, 0.15) is 399 Å². The summed E-state index contributed by atoms with van der Waals surface area (Å²) in [6.07, 6.45) is 79.3. The zero-order valence-corrected chi connectivity index (χ0v) is 49.6. The van der Waals surface area contributed by atoms with Crippen LogP contribution in [0.15, 0.2) is 0 Å². The van der Waals surface area contributed by atoms with Crippen molar-refractivity contribution in [3.63, 3.8) is 0 Å². The molecular weight excluding hydrogens is 883 g/mol. The minimum absolute atomic E-state index is 0.307. The van der Waals surface area contributed by atoms with E-state index in [4.69, 9.17) is 0 Å². The van der Waals surface area contributed by atoms with Gasteiger partial charge in [0.15, 0.2) is 0 Å². The lowest BCUT2D eigenvalue weighted by Gasteiger charge is -2.23. The number of unbranched alkanes of at least 4 members (excludes halogenated alkanes) is 56. The van der Waals surface area contributed by atoms with Gasteiger partial charge in [-0.1, -0.05) is 386 Å². The minimum atomic E-state index is -1.07. The van der Waals surface area contributed by atoms with E-state index in [-0.39, 0.29) is 6.61 Å². The second-order valence-corrected chi connectivity index (χ2v) is 23.8. The Labute approximate surface area is 453 Å². The molecule has 0 heterocycles. The third kappa shape index (κ3) is 57.1. The van der Waals surface area contributed by atoms with Crippen molar-refractivity contribution >= 4 is 5.91 Å². The van der Waals surface area contributed by atoms with Crippen LogP contribution in [0.2, 0.25) is 0 Å². The summed E-state index contributed by atoms with van der Waals surface area (Å²) in [5.74, 6) is -0.460. The summed E-state index contributed by atoms with van der Waals surface area (Å²) in [6, 6.07) is -0.708. The lowest BCUT2D eigenvalue weighted by Crippen LogP contribution is -2.49. The molecule has 0 radical (unpaired) electrons. The highest BCUT2D eigenvalue weighted by Gasteiger charge is 2.23. The molecule has 5 heteroatoms. The Bertz CT molecular complexity index is 991. The quantitative estimate of drug-likeness (QED) is 0.0457. The zero-order chi connectivity index (χ0) is 52.2. The Morgan fingerprint density at radius 1 is 0.278 bits per heavy atom. The number of carbonyl (C=O) groups is 1. The zero-order valence-electron chi connectivity index (χ0n) is 49.6. The van der Waals surface area contributed by atoms with Gasteiger partial charge in [-0.05, 0) is 12.8 Å².